The summed E-state index contributed by atoms with van der Waals surface area (Å²) >= 11 is 5.77. The Balaban J connectivity index is 2.00. The van der Waals surface area contributed by atoms with Crippen molar-refractivity contribution in [3.05, 3.63) is 63.9 Å². The first kappa shape index (κ1) is 24.1. The number of aryl methyl sites for hydroxylation is 1. The molecule has 1 aliphatic rings. The molecule has 8 heteroatoms. The molecule has 0 radical (unpaired) electrons. The highest BCUT2D eigenvalue weighted by molar-refractivity contribution is 6.31. The average Bonchev–Trinajstić information content (AvgIpc) is 2.66. The lowest BCUT2D eigenvalue weighted by Crippen LogP contribution is -2.49. The predicted molar refractivity (Wildman–Crippen MR) is 116 cm³/mol. The summed E-state index contributed by atoms with van der Waals surface area (Å²) in [5.41, 5.74) is -1.65. The summed E-state index contributed by atoms with van der Waals surface area (Å²) in [6, 6.07) is 8.08. The van der Waals surface area contributed by atoms with E-state index in [1.807, 2.05) is 6.92 Å². The number of benzene rings is 2. The number of hydrogen-bond acceptors (Lipinski definition) is 4. The molecule has 4 nitrogen and oxygen atoms in total. The van der Waals surface area contributed by atoms with Crippen molar-refractivity contribution in [2.45, 2.75) is 58.4 Å². The number of halogens is 4. The molecule has 2 aromatic carbocycles. The second kappa shape index (κ2) is 8.12. The molecule has 172 valence electrons. The Morgan fingerprint density at radius 3 is 2.19 bits per heavy atom. The molecule has 3 rings (SSSR count). The summed E-state index contributed by atoms with van der Waals surface area (Å²) in [5, 5.41) is 10.3. The van der Waals surface area contributed by atoms with Gasteiger partial charge in [0.2, 0.25) is 0 Å². The summed E-state index contributed by atoms with van der Waals surface area (Å²) < 4.78 is 50.2. The fourth-order valence-electron chi connectivity index (χ4n) is 3.79. The van der Waals surface area contributed by atoms with E-state index in [9.17, 15) is 23.1 Å². The van der Waals surface area contributed by atoms with Crippen LogP contribution in [0, 0.1) is 0 Å². The third-order valence-corrected chi connectivity index (χ3v) is 5.61. The maximum Gasteiger partial charge on any atom is 0.417 e. The quantitative estimate of drug-likeness (QED) is 0.518. The standard InChI is InChI=1S/C24H24ClF3O4/c1-6-13-11-14(31-15-8-10-17(18(25)12-15)24(26,27)28)7-9-16(13)19-20(29)22(2,3)32-23(4,5)21(19)30/h7-12,29H,6H2,1-5H3. The van der Waals surface area contributed by atoms with Gasteiger partial charge in [-0.1, -0.05) is 24.6 Å². The first-order chi connectivity index (χ1) is 14.7. The van der Waals surface area contributed by atoms with E-state index in [0.717, 1.165) is 17.7 Å². The zero-order valence-electron chi connectivity index (χ0n) is 18.4. The van der Waals surface area contributed by atoms with Crippen molar-refractivity contribution in [1.29, 1.82) is 0 Å². The van der Waals surface area contributed by atoms with Crippen molar-refractivity contribution in [1.82, 2.24) is 0 Å². The minimum absolute atomic E-state index is 0.143. The van der Waals surface area contributed by atoms with Gasteiger partial charge < -0.3 is 14.6 Å². The number of alkyl halides is 3. The van der Waals surface area contributed by atoms with E-state index in [1.54, 1.807) is 45.9 Å². The Bertz CT molecular complexity index is 1100. The predicted octanol–water partition coefficient (Wildman–Crippen LogP) is 7.14. The van der Waals surface area contributed by atoms with Crippen molar-refractivity contribution < 1.29 is 32.5 Å². The molecule has 0 fully saturated rings. The maximum absolute atomic E-state index is 13.1. The fourth-order valence-corrected chi connectivity index (χ4v) is 4.06. The molecular formula is C24H24ClF3O4. The molecule has 1 heterocycles. The molecule has 0 spiro atoms. The van der Waals surface area contributed by atoms with Crippen molar-refractivity contribution >= 4 is 23.0 Å². The van der Waals surface area contributed by atoms with Crippen LogP contribution < -0.4 is 4.74 Å². The largest absolute Gasteiger partial charge is 0.508 e. The highest BCUT2D eigenvalue weighted by Crippen LogP contribution is 2.42. The van der Waals surface area contributed by atoms with E-state index in [-0.39, 0.29) is 22.9 Å². The number of ketones is 1. The van der Waals surface area contributed by atoms with Crippen LogP contribution in [-0.2, 0) is 22.1 Å². The second-order valence-electron chi connectivity index (χ2n) is 8.59. The molecule has 32 heavy (non-hydrogen) atoms. The fraction of sp³-hybridized carbons (Fsp3) is 0.375. The number of aliphatic hydroxyl groups is 1. The van der Waals surface area contributed by atoms with Crippen LogP contribution in [0.25, 0.3) is 5.57 Å². The van der Waals surface area contributed by atoms with Crippen molar-refractivity contribution in [2.24, 2.45) is 0 Å². The number of carbonyl (C=O) groups excluding carboxylic acids is 1. The smallest absolute Gasteiger partial charge is 0.417 e. The number of hydrogen-bond donors (Lipinski definition) is 1. The van der Waals surface area contributed by atoms with E-state index in [4.69, 9.17) is 21.1 Å². The lowest BCUT2D eigenvalue weighted by Gasteiger charge is -2.40. The SMILES string of the molecule is CCc1cc(Oc2ccc(C(F)(F)F)c(Cl)c2)ccc1C1=C(O)C(C)(C)OC(C)(C)C1=O. The average molecular weight is 469 g/mol. The van der Waals surface area contributed by atoms with Gasteiger partial charge in [-0.25, -0.2) is 0 Å². The van der Waals surface area contributed by atoms with Crippen LogP contribution >= 0.6 is 11.6 Å². The van der Waals surface area contributed by atoms with E-state index >= 15 is 0 Å². The van der Waals surface area contributed by atoms with Crippen LogP contribution in [0.1, 0.15) is 51.3 Å². The molecule has 0 unspecified atom stereocenters. The molecule has 0 saturated carbocycles. The number of Topliss-reactive ketones (excluding diaryl/α,β-unsaturated/α-hetero) is 1. The van der Waals surface area contributed by atoms with Crippen molar-refractivity contribution in [2.75, 3.05) is 0 Å². The molecule has 1 aliphatic heterocycles. The Kier molecular flexibility index (Phi) is 6.13. The maximum atomic E-state index is 13.1. The van der Waals surface area contributed by atoms with Gasteiger partial charge in [-0.2, -0.15) is 13.2 Å². The minimum atomic E-state index is -4.56. The van der Waals surface area contributed by atoms with Gasteiger partial charge in [0.05, 0.1) is 16.2 Å². The van der Waals surface area contributed by atoms with Crippen LogP contribution in [0.3, 0.4) is 0 Å². The molecule has 0 bridgehead atoms. The molecule has 0 atom stereocenters. The molecule has 0 saturated heterocycles. The number of ether oxygens (including phenoxy) is 2. The first-order valence-electron chi connectivity index (χ1n) is 10.0. The summed E-state index contributed by atoms with van der Waals surface area (Å²) in [7, 11) is 0. The third kappa shape index (κ3) is 4.50. The van der Waals surface area contributed by atoms with Gasteiger partial charge in [0, 0.05) is 6.07 Å². The second-order valence-corrected chi connectivity index (χ2v) is 9.00. The Morgan fingerprint density at radius 1 is 1.03 bits per heavy atom. The highest BCUT2D eigenvalue weighted by atomic mass is 35.5. The summed E-state index contributed by atoms with van der Waals surface area (Å²) in [5.74, 6) is 0.00995. The van der Waals surface area contributed by atoms with Crippen LogP contribution in [0.5, 0.6) is 11.5 Å². The van der Waals surface area contributed by atoms with Gasteiger partial charge in [0.1, 0.15) is 28.5 Å². The van der Waals surface area contributed by atoms with Crippen LogP contribution in [-0.4, -0.2) is 22.1 Å². The lowest BCUT2D eigenvalue weighted by molar-refractivity contribution is -0.158. The lowest BCUT2D eigenvalue weighted by atomic mass is 9.81. The summed E-state index contributed by atoms with van der Waals surface area (Å²) in [6.07, 6.45) is -4.04. The van der Waals surface area contributed by atoms with E-state index in [1.165, 1.54) is 6.07 Å². The van der Waals surface area contributed by atoms with Gasteiger partial charge in [0.15, 0.2) is 5.78 Å². The molecule has 1 N–H and O–H groups in total. The van der Waals surface area contributed by atoms with Gasteiger partial charge in [0.25, 0.3) is 0 Å². The zero-order valence-corrected chi connectivity index (χ0v) is 19.1. The van der Waals surface area contributed by atoms with Crippen molar-refractivity contribution in [3.63, 3.8) is 0 Å². The molecule has 0 aromatic heterocycles. The molecular weight excluding hydrogens is 445 g/mol. The Labute approximate surface area is 189 Å². The summed E-state index contributed by atoms with van der Waals surface area (Å²) in [6.45, 7) is 8.57. The first-order valence-corrected chi connectivity index (χ1v) is 10.4. The number of carbonyl (C=O) groups is 1. The van der Waals surface area contributed by atoms with Gasteiger partial charge in [-0.3, -0.25) is 4.79 Å². The third-order valence-electron chi connectivity index (χ3n) is 5.30. The monoisotopic (exact) mass is 468 g/mol. The molecule has 0 aliphatic carbocycles. The minimum Gasteiger partial charge on any atom is -0.508 e. The highest BCUT2D eigenvalue weighted by Gasteiger charge is 2.47. The van der Waals surface area contributed by atoms with Crippen LogP contribution in [0.15, 0.2) is 42.2 Å². The Hall–Kier alpha value is -2.51. The topological polar surface area (TPSA) is 55.8 Å². The van der Waals surface area contributed by atoms with Gasteiger partial charge in [-0.05, 0) is 69.5 Å². The van der Waals surface area contributed by atoms with Gasteiger partial charge in [-0.15, -0.1) is 0 Å². The molecule has 2 aromatic rings. The zero-order chi connectivity index (χ0) is 24.1. The van der Waals surface area contributed by atoms with E-state index in [0.29, 0.717) is 17.7 Å². The van der Waals surface area contributed by atoms with E-state index < -0.39 is 28.0 Å². The number of aliphatic hydroxyl groups excluding tert-OH is 1. The van der Waals surface area contributed by atoms with Crippen LogP contribution in [0.4, 0.5) is 13.2 Å². The molecule has 0 amide bonds. The van der Waals surface area contributed by atoms with Gasteiger partial charge >= 0.3 is 6.18 Å². The normalized spacial score (nSPS) is 18.1. The van der Waals surface area contributed by atoms with Crippen molar-refractivity contribution in [3.8, 4) is 11.5 Å². The summed E-state index contributed by atoms with van der Waals surface area (Å²) in [4.78, 5) is 13.1. The number of rotatable bonds is 4. The van der Waals surface area contributed by atoms with E-state index in [2.05, 4.69) is 0 Å². The Morgan fingerprint density at radius 2 is 1.62 bits per heavy atom. The van der Waals surface area contributed by atoms with Crippen LogP contribution in [0.2, 0.25) is 5.02 Å².